The third-order valence-electron chi connectivity index (χ3n) is 5.93. The zero-order chi connectivity index (χ0) is 23.2. The maximum absolute atomic E-state index is 12.8. The molecule has 0 aliphatic carbocycles. The molecule has 176 valence electrons. The van der Waals surface area contributed by atoms with Crippen LogP contribution in [0.2, 0.25) is 0 Å². The van der Waals surface area contributed by atoms with E-state index in [1.165, 1.54) is 12.3 Å². The largest absolute Gasteiger partial charge is 0.417 e. The van der Waals surface area contributed by atoms with Crippen molar-refractivity contribution in [2.45, 2.75) is 31.2 Å². The van der Waals surface area contributed by atoms with Gasteiger partial charge < -0.3 is 14.5 Å². The second kappa shape index (κ2) is 8.04. The van der Waals surface area contributed by atoms with Gasteiger partial charge in [-0.15, -0.1) is 0 Å². The van der Waals surface area contributed by atoms with Gasteiger partial charge in [0.05, 0.1) is 37.7 Å². The number of halogens is 5. The highest BCUT2D eigenvalue weighted by molar-refractivity contribution is 5.71. The average Bonchev–Trinajstić information content (AvgIpc) is 3.37. The molecule has 0 saturated carbocycles. The van der Waals surface area contributed by atoms with Crippen LogP contribution in [0.15, 0.2) is 30.7 Å². The lowest BCUT2D eigenvalue weighted by Crippen LogP contribution is -2.53. The molecule has 2 aliphatic heterocycles. The predicted octanol–water partition coefficient (Wildman–Crippen LogP) is 2.99. The molecule has 2 fully saturated rings. The molecule has 1 spiro atoms. The molecule has 5 rings (SSSR count). The smallest absolute Gasteiger partial charge is 0.369 e. The fourth-order valence-electron chi connectivity index (χ4n) is 4.32. The van der Waals surface area contributed by atoms with Crippen LogP contribution >= 0.6 is 0 Å². The Morgan fingerprint density at radius 2 is 1.79 bits per heavy atom. The highest BCUT2D eigenvalue weighted by Gasteiger charge is 2.44. The maximum Gasteiger partial charge on any atom is 0.417 e. The van der Waals surface area contributed by atoms with Crippen LogP contribution in [-0.2, 0) is 17.5 Å². The van der Waals surface area contributed by atoms with E-state index in [1.54, 1.807) is 6.20 Å². The van der Waals surface area contributed by atoms with Gasteiger partial charge in [0.2, 0.25) is 0 Å². The van der Waals surface area contributed by atoms with E-state index in [2.05, 4.69) is 20.1 Å². The lowest BCUT2D eigenvalue weighted by Gasteiger charge is -2.41. The van der Waals surface area contributed by atoms with E-state index < -0.39 is 30.3 Å². The minimum absolute atomic E-state index is 0.286. The number of alkyl halides is 5. The third kappa shape index (κ3) is 4.28. The quantitative estimate of drug-likeness (QED) is 0.544. The molecule has 3 aromatic heterocycles. The highest BCUT2D eigenvalue weighted by Crippen LogP contribution is 2.34. The van der Waals surface area contributed by atoms with Crippen molar-refractivity contribution in [3.8, 4) is 0 Å². The highest BCUT2D eigenvalue weighted by atomic mass is 19.4. The second-order valence-electron chi connectivity index (χ2n) is 8.18. The number of anilines is 2. The van der Waals surface area contributed by atoms with Crippen LogP contribution in [0.4, 0.5) is 33.6 Å². The molecule has 33 heavy (non-hydrogen) atoms. The first-order chi connectivity index (χ1) is 15.7. The minimum atomic E-state index is -4.43. The van der Waals surface area contributed by atoms with Crippen molar-refractivity contribution < 1.29 is 26.7 Å². The topological polar surface area (TPSA) is 72.2 Å². The molecule has 3 aromatic rings. The van der Waals surface area contributed by atoms with Crippen LogP contribution in [0.5, 0.6) is 0 Å². The SMILES string of the molecule is FC(F)Cn1ncc2ncc(N3CCC4(CN(c5ccc(C(F)(F)F)cn5)CCO4)C3)nc21. The van der Waals surface area contributed by atoms with E-state index in [-0.39, 0.29) is 5.65 Å². The number of rotatable bonds is 4. The number of fused-ring (bicyclic) bond motifs is 1. The van der Waals surface area contributed by atoms with Gasteiger partial charge in [-0.1, -0.05) is 0 Å². The molecule has 0 amide bonds. The number of aromatic nitrogens is 5. The summed E-state index contributed by atoms with van der Waals surface area (Å²) >= 11 is 0. The number of ether oxygens (including phenoxy) is 1. The molecule has 0 aromatic carbocycles. The van der Waals surface area contributed by atoms with E-state index in [9.17, 15) is 22.0 Å². The van der Waals surface area contributed by atoms with Gasteiger partial charge in [-0.25, -0.2) is 28.4 Å². The monoisotopic (exact) mass is 469 g/mol. The lowest BCUT2D eigenvalue weighted by atomic mass is 10.0. The van der Waals surface area contributed by atoms with Gasteiger partial charge in [-0.2, -0.15) is 18.3 Å². The lowest BCUT2D eigenvalue weighted by molar-refractivity contribution is -0.137. The molecular formula is C20H20F5N7O. The van der Waals surface area contributed by atoms with E-state index in [0.717, 1.165) is 16.9 Å². The van der Waals surface area contributed by atoms with Crippen molar-refractivity contribution in [3.05, 3.63) is 36.3 Å². The predicted molar refractivity (Wildman–Crippen MR) is 108 cm³/mol. The molecule has 8 nitrogen and oxygen atoms in total. The van der Waals surface area contributed by atoms with Crippen molar-refractivity contribution >= 4 is 22.8 Å². The summed E-state index contributed by atoms with van der Waals surface area (Å²) in [6.45, 7) is 1.90. The Kier molecular flexibility index (Phi) is 5.30. The molecule has 0 bridgehead atoms. The van der Waals surface area contributed by atoms with Crippen LogP contribution < -0.4 is 9.80 Å². The Morgan fingerprint density at radius 1 is 1.00 bits per heavy atom. The number of nitrogens with zero attached hydrogens (tertiary/aromatic N) is 7. The number of hydrogen-bond donors (Lipinski definition) is 0. The molecule has 0 radical (unpaired) electrons. The van der Waals surface area contributed by atoms with Gasteiger partial charge in [0.25, 0.3) is 6.43 Å². The second-order valence-corrected chi connectivity index (χ2v) is 8.18. The molecule has 0 N–H and O–H groups in total. The van der Waals surface area contributed by atoms with Gasteiger partial charge >= 0.3 is 6.18 Å². The Balaban J connectivity index is 1.32. The Hall–Kier alpha value is -3.09. The van der Waals surface area contributed by atoms with Crippen LogP contribution in [0.1, 0.15) is 12.0 Å². The van der Waals surface area contributed by atoms with Crippen molar-refractivity contribution in [1.82, 2.24) is 24.7 Å². The van der Waals surface area contributed by atoms with Gasteiger partial charge in [-0.05, 0) is 18.6 Å². The van der Waals surface area contributed by atoms with Crippen LogP contribution in [-0.4, -0.2) is 69.5 Å². The Bertz CT molecular complexity index is 1140. The zero-order valence-corrected chi connectivity index (χ0v) is 17.3. The van der Waals surface area contributed by atoms with Gasteiger partial charge in [-0.3, -0.25) is 0 Å². The number of hydrogen-bond acceptors (Lipinski definition) is 7. The van der Waals surface area contributed by atoms with E-state index in [0.29, 0.717) is 56.4 Å². The molecule has 13 heteroatoms. The standard InChI is InChI=1S/C20H20F5N7O/c21-15(22)10-32-18-14(8-28-32)26-9-17(29-18)30-4-3-19(11-30)12-31(5-6-33-19)16-2-1-13(7-27-16)20(23,24)25/h1-2,7-9,15H,3-6,10-12H2. The molecule has 2 saturated heterocycles. The van der Waals surface area contributed by atoms with Crippen LogP contribution in [0, 0.1) is 0 Å². The summed E-state index contributed by atoms with van der Waals surface area (Å²) in [7, 11) is 0. The third-order valence-corrected chi connectivity index (χ3v) is 5.93. The number of pyridine rings is 1. The fraction of sp³-hybridized carbons (Fsp3) is 0.500. The normalized spacial score (nSPS) is 21.6. The van der Waals surface area contributed by atoms with E-state index >= 15 is 0 Å². The van der Waals surface area contributed by atoms with Crippen LogP contribution in [0.3, 0.4) is 0 Å². The average molecular weight is 469 g/mol. The van der Waals surface area contributed by atoms with E-state index in [1.807, 2.05) is 9.80 Å². The first kappa shape index (κ1) is 21.7. The summed E-state index contributed by atoms with van der Waals surface area (Å²) in [5, 5.41) is 3.94. The Labute approximate surface area is 185 Å². The molecule has 2 aliphatic rings. The molecule has 5 heterocycles. The summed E-state index contributed by atoms with van der Waals surface area (Å²) in [4.78, 5) is 16.7. The van der Waals surface area contributed by atoms with Crippen molar-refractivity contribution in [2.24, 2.45) is 0 Å². The summed E-state index contributed by atoms with van der Waals surface area (Å²) in [5.41, 5.74) is -0.625. The van der Waals surface area contributed by atoms with Gasteiger partial charge in [0.1, 0.15) is 29.3 Å². The summed E-state index contributed by atoms with van der Waals surface area (Å²) in [6.07, 6.45) is -2.51. The first-order valence-electron chi connectivity index (χ1n) is 10.4. The Morgan fingerprint density at radius 3 is 2.48 bits per heavy atom. The van der Waals surface area contributed by atoms with Gasteiger partial charge in [0, 0.05) is 19.3 Å². The van der Waals surface area contributed by atoms with E-state index in [4.69, 9.17) is 4.74 Å². The molecule has 1 atom stereocenters. The van der Waals surface area contributed by atoms with Gasteiger partial charge in [0.15, 0.2) is 5.65 Å². The summed E-state index contributed by atoms with van der Waals surface area (Å²) in [5.74, 6) is 0.991. The van der Waals surface area contributed by atoms with Crippen molar-refractivity contribution in [3.63, 3.8) is 0 Å². The number of morpholine rings is 1. The minimum Gasteiger partial charge on any atom is -0.369 e. The van der Waals surface area contributed by atoms with Crippen molar-refractivity contribution in [1.29, 1.82) is 0 Å². The van der Waals surface area contributed by atoms with Crippen molar-refractivity contribution in [2.75, 3.05) is 42.6 Å². The maximum atomic E-state index is 12.8. The van der Waals surface area contributed by atoms with Crippen LogP contribution in [0.25, 0.3) is 11.2 Å². The summed E-state index contributed by atoms with van der Waals surface area (Å²) in [6, 6.07) is 2.40. The molecule has 1 unspecified atom stereocenters. The first-order valence-corrected chi connectivity index (χ1v) is 10.4. The zero-order valence-electron chi connectivity index (χ0n) is 17.3. The summed E-state index contributed by atoms with van der Waals surface area (Å²) < 4.78 is 71.4. The fourth-order valence-corrected chi connectivity index (χ4v) is 4.32. The molecular weight excluding hydrogens is 449 g/mol.